The molecule has 104 valence electrons. The van der Waals surface area contributed by atoms with Crippen molar-refractivity contribution in [3.63, 3.8) is 0 Å². The van der Waals surface area contributed by atoms with Gasteiger partial charge in [0.15, 0.2) is 5.13 Å². The van der Waals surface area contributed by atoms with E-state index in [0.717, 1.165) is 34.1 Å². The maximum absolute atomic E-state index is 12.3. The van der Waals surface area contributed by atoms with Gasteiger partial charge < -0.3 is 5.32 Å². The quantitative estimate of drug-likeness (QED) is 0.786. The summed E-state index contributed by atoms with van der Waals surface area (Å²) < 4.78 is 1.63. The average molecular weight is 417 g/mol. The number of fused-ring (bicyclic) bond motifs is 1. The number of hydrogen-bond donors (Lipinski definition) is 2. The first-order valence-electron chi connectivity index (χ1n) is 6.09. The van der Waals surface area contributed by atoms with Gasteiger partial charge in [0.05, 0.1) is 11.3 Å². The van der Waals surface area contributed by atoms with Crippen molar-refractivity contribution >= 4 is 54.2 Å². The third-order valence-corrected chi connectivity index (χ3v) is 5.19. The van der Waals surface area contributed by atoms with Crippen LogP contribution in [-0.2, 0) is 13.0 Å². The molecule has 7 heteroatoms. The Hall–Kier alpha value is -0.760. The van der Waals surface area contributed by atoms with Crippen molar-refractivity contribution in [1.82, 2.24) is 10.3 Å². The van der Waals surface area contributed by atoms with Crippen LogP contribution in [0.3, 0.4) is 0 Å². The fourth-order valence-electron chi connectivity index (χ4n) is 2.01. The SMILES string of the molecule is O=C(Nc1nc2c(s1)CNCC2)c1cc(Br)ccc1Br. The van der Waals surface area contributed by atoms with Crippen LogP contribution >= 0.6 is 43.2 Å². The van der Waals surface area contributed by atoms with E-state index in [9.17, 15) is 4.79 Å². The lowest BCUT2D eigenvalue weighted by molar-refractivity contribution is 0.102. The van der Waals surface area contributed by atoms with E-state index in [-0.39, 0.29) is 5.91 Å². The summed E-state index contributed by atoms with van der Waals surface area (Å²) in [7, 11) is 0. The second-order valence-electron chi connectivity index (χ2n) is 4.39. The second-order valence-corrected chi connectivity index (χ2v) is 7.25. The molecule has 4 nitrogen and oxygen atoms in total. The summed E-state index contributed by atoms with van der Waals surface area (Å²) in [5.74, 6) is -0.155. The Morgan fingerprint density at radius 3 is 3.05 bits per heavy atom. The van der Waals surface area contributed by atoms with E-state index in [0.29, 0.717) is 10.7 Å². The Kier molecular flexibility index (Phi) is 4.21. The van der Waals surface area contributed by atoms with Crippen LogP contribution in [0.2, 0.25) is 0 Å². The van der Waals surface area contributed by atoms with Gasteiger partial charge in [0.2, 0.25) is 0 Å². The topological polar surface area (TPSA) is 54.0 Å². The van der Waals surface area contributed by atoms with Gasteiger partial charge in [-0.1, -0.05) is 15.9 Å². The van der Waals surface area contributed by atoms with Crippen molar-refractivity contribution in [2.75, 3.05) is 11.9 Å². The summed E-state index contributed by atoms with van der Waals surface area (Å²) in [6.45, 7) is 1.78. The van der Waals surface area contributed by atoms with Gasteiger partial charge in [0.25, 0.3) is 5.91 Å². The Labute approximate surface area is 137 Å². The highest BCUT2D eigenvalue weighted by Gasteiger charge is 2.17. The molecule has 2 aromatic rings. The molecular formula is C13H11Br2N3OS. The first-order valence-corrected chi connectivity index (χ1v) is 8.49. The summed E-state index contributed by atoms with van der Waals surface area (Å²) in [6.07, 6.45) is 0.919. The lowest BCUT2D eigenvalue weighted by Gasteiger charge is -2.09. The first kappa shape index (κ1) is 14.2. The fourth-order valence-corrected chi connectivity index (χ4v) is 3.78. The van der Waals surface area contributed by atoms with E-state index in [4.69, 9.17) is 0 Å². The van der Waals surface area contributed by atoms with E-state index in [1.165, 1.54) is 16.2 Å². The third kappa shape index (κ3) is 2.95. The van der Waals surface area contributed by atoms with Crippen LogP contribution in [0.4, 0.5) is 5.13 Å². The number of halogens is 2. The minimum Gasteiger partial charge on any atom is -0.311 e. The number of thiazole rings is 1. The molecule has 20 heavy (non-hydrogen) atoms. The van der Waals surface area contributed by atoms with Crippen LogP contribution in [-0.4, -0.2) is 17.4 Å². The van der Waals surface area contributed by atoms with Gasteiger partial charge in [-0.15, -0.1) is 11.3 Å². The number of carbonyl (C=O) groups excluding carboxylic acids is 1. The van der Waals surface area contributed by atoms with Crippen LogP contribution in [0.25, 0.3) is 0 Å². The minimum atomic E-state index is -0.155. The Bertz CT molecular complexity index is 648. The highest BCUT2D eigenvalue weighted by molar-refractivity contribution is 9.11. The molecule has 0 bridgehead atoms. The van der Waals surface area contributed by atoms with E-state index < -0.39 is 0 Å². The lowest BCUT2D eigenvalue weighted by atomic mass is 10.2. The molecule has 1 aromatic carbocycles. The van der Waals surface area contributed by atoms with Crippen LogP contribution in [0.15, 0.2) is 27.1 Å². The highest BCUT2D eigenvalue weighted by Crippen LogP contribution is 2.27. The van der Waals surface area contributed by atoms with Crippen molar-refractivity contribution in [3.8, 4) is 0 Å². The molecule has 0 atom stereocenters. The van der Waals surface area contributed by atoms with Crippen LogP contribution in [0, 0.1) is 0 Å². The third-order valence-electron chi connectivity index (χ3n) is 3.00. The molecule has 0 radical (unpaired) electrons. The number of rotatable bonds is 2. The molecule has 0 fully saturated rings. The zero-order chi connectivity index (χ0) is 14.1. The van der Waals surface area contributed by atoms with Gasteiger partial charge in [-0.2, -0.15) is 0 Å². The molecule has 2 N–H and O–H groups in total. The van der Waals surface area contributed by atoms with E-state index in [1.807, 2.05) is 12.1 Å². The predicted molar refractivity (Wildman–Crippen MR) is 87.3 cm³/mol. The van der Waals surface area contributed by atoms with E-state index >= 15 is 0 Å². The lowest BCUT2D eigenvalue weighted by Crippen LogP contribution is -2.22. The summed E-state index contributed by atoms with van der Waals surface area (Å²) in [4.78, 5) is 18.0. The Morgan fingerprint density at radius 2 is 2.25 bits per heavy atom. The monoisotopic (exact) mass is 415 g/mol. The molecule has 1 aromatic heterocycles. The molecule has 1 amide bonds. The fraction of sp³-hybridized carbons (Fsp3) is 0.231. The molecular weight excluding hydrogens is 406 g/mol. The van der Waals surface area contributed by atoms with Gasteiger partial charge in [-0.3, -0.25) is 10.1 Å². The van der Waals surface area contributed by atoms with Crippen molar-refractivity contribution in [2.24, 2.45) is 0 Å². The van der Waals surface area contributed by atoms with Gasteiger partial charge in [-0.25, -0.2) is 4.98 Å². The van der Waals surface area contributed by atoms with Gasteiger partial charge >= 0.3 is 0 Å². The highest BCUT2D eigenvalue weighted by atomic mass is 79.9. The number of anilines is 1. The number of hydrogen-bond acceptors (Lipinski definition) is 4. The largest absolute Gasteiger partial charge is 0.311 e. The molecule has 0 spiro atoms. The molecule has 0 saturated carbocycles. The Balaban J connectivity index is 1.82. The molecule has 0 saturated heterocycles. The number of nitrogens with zero attached hydrogens (tertiary/aromatic N) is 1. The summed E-state index contributed by atoms with van der Waals surface area (Å²) in [6, 6.07) is 5.51. The van der Waals surface area contributed by atoms with Gasteiger partial charge in [-0.05, 0) is 34.1 Å². The average Bonchev–Trinajstić information content (AvgIpc) is 2.83. The van der Waals surface area contributed by atoms with E-state index in [1.54, 1.807) is 6.07 Å². The maximum atomic E-state index is 12.3. The molecule has 1 aliphatic rings. The standard InChI is InChI=1S/C13H11Br2N3OS/c14-7-1-2-9(15)8(5-7)12(19)18-13-17-10-3-4-16-6-11(10)20-13/h1-2,5,16H,3-4,6H2,(H,17,18,19). The predicted octanol–water partition coefficient (Wildman–Crippen LogP) is 3.57. The van der Waals surface area contributed by atoms with Crippen molar-refractivity contribution in [2.45, 2.75) is 13.0 Å². The normalized spacial score (nSPS) is 13.9. The second kappa shape index (κ2) is 5.93. The van der Waals surface area contributed by atoms with Crippen molar-refractivity contribution < 1.29 is 4.79 Å². The van der Waals surface area contributed by atoms with Gasteiger partial charge in [0.1, 0.15) is 0 Å². The van der Waals surface area contributed by atoms with E-state index in [2.05, 4.69) is 47.5 Å². The molecule has 0 unspecified atom stereocenters. The van der Waals surface area contributed by atoms with Gasteiger partial charge in [0, 0.05) is 33.3 Å². The van der Waals surface area contributed by atoms with Crippen LogP contribution in [0.1, 0.15) is 20.9 Å². The summed E-state index contributed by atoms with van der Waals surface area (Å²) in [5, 5.41) is 6.84. The summed E-state index contributed by atoms with van der Waals surface area (Å²) >= 11 is 8.30. The number of benzene rings is 1. The molecule has 3 rings (SSSR count). The zero-order valence-corrected chi connectivity index (χ0v) is 14.4. The first-order chi connectivity index (χ1) is 9.63. The van der Waals surface area contributed by atoms with Crippen molar-refractivity contribution in [1.29, 1.82) is 0 Å². The molecule has 0 aliphatic carbocycles. The van der Waals surface area contributed by atoms with Crippen LogP contribution < -0.4 is 10.6 Å². The Morgan fingerprint density at radius 1 is 1.40 bits per heavy atom. The molecule has 2 heterocycles. The zero-order valence-electron chi connectivity index (χ0n) is 10.4. The maximum Gasteiger partial charge on any atom is 0.258 e. The molecule has 1 aliphatic heterocycles. The van der Waals surface area contributed by atoms with Crippen molar-refractivity contribution in [3.05, 3.63) is 43.3 Å². The summed E-state index contributed by atoms with van der Waals surface area (Å²) in [5.41, 5.74) is 1.68. The number of nitrogens with one attached hydrogen (secondary N) is 2. The van der Waals surface area contributed by atoms with Crippen LogP contribution in [0.5, 0.6) is 0 Å². The minimum absolute atomic E-state index is 0.155. The number of carbonyl (C=O) groups is 1. The number of aromatic nitrogens is 1. The number of amides is 1. The smallest absolute Gasteiger partial charge is 0.258 e.